The quantitative estimate of drug-likeness (QED) is 0.743. The van der Waals surface area contributed by atoms with Crippen LogP contribution in [0.25, 0.3) is 0 Å². The second-order valence-electron chi connectivity index (χ2n) is 4.12. The van der Waals surface area contributed by atoms with Gasteiger partial charge in [0.05, 0.1) is 0 Å². The van der Waals surface area contributed by atoms with Crippen LogP contribution in [0, 0.1) is 0 Å². The Hall–Kier alpha value is -0.690. The van der Waals surface area contributed by atoms with Gasteiger partial charge in [0, 0.05) is 19.3 Å². The molecule has 0 saturated carbocycles. The van der Waals surface area contributed by atoms with Crippen LogP contribution in [0.1, 0.15) is 20.3 Å². The number of likely N-dealkylation sites (N-methyl/N-ethyl adjacent to an activating group) is 1. The predicted molar refractivity (Wildman–Crippen MR) is 76.8 cm³/mol. The van der Waals surface area contributed by atoms with Gasteiger partial charge in [-0.05, 0) is 31.6 Å². The summed E-state index contributed by atoms with van der Waals surface area (Å²) in [5.41, 5.74) is 0. The van der Waals surface area contributed by atoms with E-state index in [1.807, 2.05) is 0 Å². The lowest BCUT2D eigenvalue weighted by Crippen LogP contribution is -2.35. The zero-order valence-electron chi connectivity index (χ0n) is 11.3. The summed E-state index contributed by atoms with van der Waals surface area (Å²) >= 11 is 5.79. The van der Waals surface area contributed by atoms with Crippen molar-refractivity contribution in [3.8, 4) is 0 Å². The van der Waals surface area contributed by atoms with Crippen LogP contribution >= 0.6 is 11.6 Å². The fraction of sp³-hybridized carbons (Fsp3) is 0.583. The minimum atomic E-state index is -3.58. The highest BCUT2D eigenvalue weighted by atomic mass is 35.5. The number of rotatable bonds is 8. The minimum absolute atomic E-state index is 0.00379. The van der Waals surface area contributed by atoms with Crippen molar-refractivity contribution in [2.75, 3.05) is 26.2 Å². The first-order valence-corrected chi connectivity index (χ1v) is 8.20. The van der Waals surface area contributed by atoms with Crippen LogP contribution in [0.4, 0.5) is 0 Å². The highest BCUT2D eigenvalue weighted by Gasteiger charge is 2.17. The van der Waals surface area contributed by atoms with Crippen molar-refractivity contribution in [2.24, 2.45) is 0 Å². The molecule has 0 aromatic carbocycles. The van der Waals surface area contributed by atoms with Gasteiger partial charge < -0.3 is 4.90 Å². The Balaban J connectivity index is 2.59. The molecule has 1 rings (SSSR count). The average Bonchev–Trinajstić information content (AvgIpc) is 2.38. The zero-order chi connectivity index (χ0) is 14.3. The van der Waals surface area contributed by atoms with Crippen molar-refractivity contribution < 1.29 is 8.42 Å². The van der Waals surface area contributed by atoms with E-state index >= 15 is 0 Å². The smallest absolute Gasteiger partial charge is 0.243 e. The van der Waals surface area contributed by atoms with Gasteiger partial charge in [0.2, 0.25) is 10.0 Å². The second kappa shape index (κ2) is 7.79. The van der Waals surface area contributed by atoms with Gasteiger partial charge in [-0.3, -0.25) is 0 Å². The highest BCUT2D eigenvalue weighted by molar-refractivity contribution is 7.89. The van der Waals surface area contributed by atoms with Crippen molar-refractivity contribution in [1.29, 1.82) is 0 Å². The molecule has 1 N–H and O–H groups in total. The molecule has 108 valence electrons. The maximum Gasteiger partial charge on any atom is 0.243 e. The SMILES string of the molecule is CCCN(CC)CCNS(=O)(=O)c1cccnc1Cl. The molecular formula is C12H20ClN3O2S. The average molecular weight is 306 g/mol. The molecule has 0 atom stereocenters. The van der Waals surface area contributed by atoms with Gasteiger partial charge in [0.15, 0.2) is 0 Å². The Morgan fingerprint density at radius 2 is 2.11 bits per heavy atom. The molecule has 0 aliphatic rings. The van der Waals surface area contributed by atoms with Crippen LogP contribution in [0.2, 0.25) is 5.15 Å². The van der Waals surface area contributed by atoms with Crippen molar-refractivity contribution in [3.63, 3.8) is 0 Å². The van der Waals surface area contributed by atoms with Crippen molar-refractivity contribution in [2.45, 2.75) is 25.2 Å². The standard InChI is InChI=1S/C12H20ClN3O2S/c1-3-9-16(4-2)10-8-15-19(17,18)11-6-5-7-14-12(11)13/h5-7,15H,3-4,8-10H2,1-2H3. The van der Waals surface area contributed by atoms with Crippen LogP contribution in [0.3, 0.4) is 0 Å². The number of halogens is 1. The lowest BCUT2D eigenvalue weighted by Gasteiger charge is -2.19. The zero-order valence-corrected chi connectivity index (χ0v) is 12.8. The van der Waals surface area contributed by atoms with Crippen LogP contribution in [0.5, 0.6) is 0 Å². The number of hydrogen-bond acceptors (Lipinski definition) is 4. The monoisotopic (exact) mass is 305 g/mol. The highest BCUT2D eigenvalue weighted by Crippen LogP contribution is 2.17. The predicted octanol–water partition coefficient (Wildman–Crippen LogP) is 1.75. The lowest BCUT2D eigenvalue weighted by molar-refractivity contribution is 0.293. The van der Waals surface area contributed by atoms with Gasteiger partial charge in [-0.25, -0.2) is 18.1 Å². The first kappa shape index (κ1) is 16.4. The molecule has 1 aromatic rings. The summed E-state index contributed by atoms with van der Waals surface area (Å²) in [7, 11) is -3.58. The van der Waals surface area contributed by atoms with Crippen molar-refractivity contribution in [1.82, 2.24) is 14.6 Å². The van der Waals surface area contributed by atoms with E-state index in [4.69, 9.17) is 11.6 Å². The summed E-state index contributed by atoms with van der Waals surface area (Å²) in [4.78, 5) is 5.98. The molecule has 7 heteroatoms. The summed E-state index contributed by atoms with van der Waals surface area (Å²) in [5, 5.41) is -0.00379. The van der Waals surface area contributed by atoms with E-state index < -0.39 is 10.0 Å². The van der Waals surface area contributed by atoms with E-state index in [1.54, 1.807) is 6.07 Å². The molecule has 1 heterocycles. The van der Waals surface area contributed by atoms with Gasteiger partial charge in [0.25, 0.3) is 0 Å². The third-order valence-corrected chi connectivity index (χ3v) is 4.63. The van der Waals surface area contributed by atoms with E-state index in [0.29, 0.717) is 13.1 Å². The molecule has 5 nitrogen and oxygen atoms in total. The van der Waals surface area contributed by atoms with Gasteiger partial charge in [-0.15, -0.1) is 0 Å². The van der Waals surface area contributed by atoms with E-state index in [2.05, 4.69) is 28.5 Å². The number of nitrogens with one attached hydrogen (secondary N) is 1. The van der Waals surface area contributed by atoms with Crippen LogP contribution in [-0.4, -0.2) is 44.5 Å². The molecule has 0 fully saturated rings. The summed E-state index contributed by atoms with van der Waals surface area (Å²) in [6.07, 6.45) is 2.51. The molecule has 0 aliphatic carbocycles. The Morgan fingerprint density at radius 3 is 2.68 bits per heavy atom. The first-order chi connectivity index (χ1) is 9.01. The van der Waals surface area contributed by atoms with Crippen molar-refractivity contribution in [3.05, 3.63) is 23.5 Å². The summed E-state index contributed by atoms with van der Waals surface area (Å²) in [6.45, 7) is 7.07. The van der Waals surface area contributed by atoms with Crippen LogP contribution in [0.15, 0.2) is 23.2 Å². The minimum Gasteiger partial charge on any atom is -0.302 e. The van der Waals surface area contributed by atoms with E-state index in [9.17, 15) is 8.42 Å². The van der Waals surface area contributed by atoms with Crippen molar-refractivity contribution >= 4 is 21.6 Å². The second-order valence-corrected chi connectivity index (χ2v) is 6.22. The van der Waals surface area contributed by atoms with E-state index in [1.165, 1.54) is 12.3 Å². The van der Waals surface area contributed by atoms with Gasteiger partial charge in [-0.1, -0.05) is 25.4 Å². The number of sulfonamides is 1. The third-order valence-electron chi connectivity index (χ3n) is 2.72. The molecule has 19 heavy (non-hydrogen) atoms. The summed E-state index contributed by atoms with van der Waals surface area (Å²) in [6, 6.07) is 3.00. The first-order valence-electron chi connectivity index (χ1n) is 6.33. The molecule has 0 amide bonds. The van der Waals surface area contributed by atoms with Gasteiger partial charge >= 0.3 is 0 Å². The normalized spacial score (nSPS) is 12.0. The maximum absolute atomic E-state index is 12.0. The molecule has 0 spiro atoms. The largest absolute Gasteiger partial charge is 0.302 e. The molecule has 1 aromatic heterocycles. The van der Waals surface area contributed by atoms with Gasteiger partial charge in [-0.2, -0.15) is 0 Å². The number of aromatic nitrogens is 1. The maximum atomic E-state index is 12.0. The van der Waals surface area contributed by atoms with E-state index in [0.717, 1.165) is 19.5 Å². The summed E-state index contributed by atoms with van der Waals surface area (Å²) < 4.78 is 26.6. The Bertz CT molecular complexity index is 494. The number of pyridine rings is 1. The lowest BCUT2D eigenvalue weighted by atomic mass is 10.4. The third kappa shape index (κ3) is 5.06. The molecule has 0 saturated heterocycles. The van der Waals surface area contributed by atoms with Gasteiger partial charge in [0.1, 0.15) is 10.0 Å². The Morgan fingerprint density at radius 1 is 1.37 bits per heavy atom. The van der Waals surface area contributed by atoms with Crippen LogP contribution in [-0.2, 0) is 10.0 Å². The Kier molecular flexibility index (Phi) is 6.71. The number of hydrogen-bond donors (Lipinski definition) is 1. The fourth-order valence-corrected chi connectivity index (χ4v) is 3.20. The molecule has 0 aliphatic heterocycles. The number of nitrogens with zero attached hydrogens (tertiary/aromatic N) is 2. The molecule has 0 unspecified atom stereocenters. The fourth-order valence-electron chi connectivity index (χ4n) is 1.73. The van der Waals surface area contributed by atoms with Crippen LogP contribution < -0.4 is 4.72 Å². The van der Waals surface area contributed by atoms with E-state index in [-0.39, 0.29) is 10.0 Å². The summed E-state index contributed by atoms with van der Waals surface area (Å²) in [5.74, 6) is 0. The molecular weight excluding hydrogens is 286 g/mol. The molecule has 0 bridgehead atoms. The molecule has 0 radical (unpaired) electrons. The topological polar surface area (TPSA) is 62.3 Å². The Labute approximate surface area is 120 Å².